The Morgan fingerprint density at radius 1 is 1.23 bits per heavy atom. The summed E-state index contributed by atoms with van der Waals surface area (Å²) in [7, 11) is 1.71. The summed E-state index contributed by atoms with van der Waals surface area (Å²) < 4.78 is 5.46. The van der Waals surface area contributed by atoms with Crippen LogP contribution in [0.2, 0.25) is 10.0 Å². The van der Waals surface area contributed by atoms with Crippen molar-refractivity contribution in [1.82, 2.24) is 10.2 Å². The first-order chi connectivity index (χ1) is 14.3. The van der Waals surface area contributed by atoms with E-state index in [1.54, 1.807) is 25.3 Å². The molecule has 0 aromatic heterocycles. The van der Waals surface area contributed by atoms with Gasteiger partial charge in [-0.15, -0.1) is 0 Å². The molecule has 1 heterocycles. The number of benzene rings is 2. The van der Waals surface area contributed by atoms with E-state index in [1.165, 1.54) is 16.7 Å². The Balaban J connectivity index is 1.63. The van der Waals surface area contributed by atoms with Gasteiger partial charge in [0.2, 0.25) is 0 Å². The van der Waals surface area contributed by atoms with E-state index in [-0.39, 0.29) is 5.91 Å². The van der Waals surface area contributed by atoms with E-state index in [0.717, 1.165) is 31.7 Å². The third-order valence-corrected chi connectivity index (χ3v) is 6.84. The molecule has 1 fully saturated rings. The van der Waals surface area contributed by atoms with Gasteiger partial charge in [0.1, 0.15) is 5.75 Å². The number of carbonyl (C=O) groups excluding carboxylic acids is 1. The highest BCUT2D eigenvalue weighted by molar-refractivity contribution is 6.35. The fourth-order valence-electron chi connectivity index (χ4n) is 4.31. The van der Waals surface area contributed by atoms with Crippen molar-refractivity contribution in [2.45, 2.75) is 39.7 Å². The number of halogens is 2. The highest BCUT2D eigenvalue weighted by Gasteiger charge is 2.26. The number of hydrogen-bond acceptors (Lipinski definition) is 3. The fraction of sp³-hybridized carbons (Fsp3) is 0.458. The molecule has 162 valence electrons. The number of carbonyl (C=O) groups is 1. The summed E-state index contributed by atoms with van der Waals surface area (Å²) in [5.74, 6) is 1.17. The standard InChI is InChI=1S/C24H30Cl2N2O2/c1-15-16(2)23(30-4)10-8-20(15)17(3)28-11-5-6-18(14-28)13-27-24(29)21-12-19(25)7-9-22(21)26/h7-10,12,17-18H,5-6,11,13-14H2,1-4H3,(H,27,29). The minimum atomic E-state index is -0.172. The van der Waals surface area contributed by atoms with Crippen LogP contribution in [0, 0.1) is 19.8 Å². The summed E-state index contributed by atoms with van der Waals surface area (Å²) in [6.45, 7) is 9.19. The number of hydrogen-bond donors (Lipinski definition) is 1. The molecular weight excluding hydrogens is 419 g/mol. The van der Waals surface area contributed by atoms with Crippen molar-refractivity contribution >= 4 is 29.1 Å². The van der Waals surface area contributed by atoms with E-state index in [2.05, 4.69) is 43.1 Å². The van der Waals surface area contributed by atoms with E-state index in [4.69, 9.17) is 27.9 Å². The quantitative estimate of drug-likeness (QED) is 0.604. The number of nitrogens with one attached hydrogen (secondary N) is 1. The first-order valence-electron chi connectivity index (χ1n) is 10.4. The smallest absolute Gasteiger partial charge is 0.252 e. The Morgan fingerprint density at radius 3 is 2.73 bits per heavy atom. The molecule has 30 heavy (non-hydrogen) atoms. The Labute approximate surface area is 189 Å². The Kier molecular flexibility index (Phi) is 7.67. The van der Waals surface area contributed by atoms with Crippen LogP contribution in [0.25, 0.3) is 0 Å². The predicted molar refractivity (Wildman–Crippen MR) is 124 cm³/mol. The van der Waals surface area contributed by atoms with Crippen molar-refractivity contribution < 1.29 is 9.53 Å². The van der Waals surface area contributed by atoms with Crippen LogP contribution < -0.4 is 10.1 Å². The molecule has 4 nitrogen and oxygen atoms in total. The van der Waals surface area contributed by atoms with Crippen LogP contribution in [0.1, 0.15) is 52.9 Å². The first kappa shape index (κ1) is 22.9. The van der Waals surface area contributed by atoms with Crippen LogP contribution in [0.15, 0.2) is 30.3 Å². The zero-order valence-corrected chi connectivity index (χ0v) is 19.6. The number of piperidine rings is 1. The third-order valence-electron chi connectivity index (χ3n) is 6.27. The Bertz CT molecular complexity index is 916. The number of amides is 1. The zero-order valence-electron chi connectivity index (χ0n) is 18.1. The molecule has 1 saturated heterocycles. The Hall–Kier alpha value is -1.75. The molecule has 0 aliphatic carbocycles. The SMILES string of the molecule is COc1ccc(C(C)N2CCCC(CNC(=O)c3cc(Cl)ccc3Cl)C2)c(C)c1C. The predicted octanol–water partition coefficient (Wildman–Crippen LogP) is 5.82. The molecule has 0 radical (unpaired) electrons. The lowest BCUT2D eigenvalue weighted by atomic mass is 9.92. The zero-order chi connectivity index (χ0) is 21.8. The van der Waals surface area contributed by atoms with Gasteiger partial charge in [-0.3, -0.25) is 9.69 Å². The molecule has 2 unspecified atom stereocenters. The average molecular weight is 449 g/mol. The maximum absolute atomic E-state index is 12.6. The molecule has 1 N–H and O–H groups in total. The highest BCUT2D eigenvalue weighted by Crippen LogP contribution is 2.32. The maximum Gasteiger partial charge on any atom is 0.252 e. The molecule has 2 atom stereocenters. The fourth-order valence-corrected chi connectivity index (χ4v) is 4.68. The molecule has 0 spiro atoms. The second kappa shape index (κ2) is 10.0. The summed E-state index contributed by atoms with van der Waals surface area (Å²) >= 11 is 12.2. The lowest BCUT2D eigenvalue weighted by molar-refractivity contribution is 0.0917. The van der Waals surface area contributed by atoms with E-state index in [1.807, 2.05) is 0 Å². The van der Waals surface area contributed by atoms with Crippen molar-refractivity contribution in [3.8, 4) is 5.75 Å². The molecule has 1 aliphatic rings. The van der Waals surface area contributed by atoms with E-state index in [0.29, 0.717) is 34.1 Å². The number of likely N-dealkylation sites (tertiary alicyclic amines) is 1. The summed E-state index contributed by atoms with van der Waals surface area (Å²) in [4.78, 5) is 15.1. The van der Waals surface area contributed by atoms with Gasteiger partial charge in [-0.25, -0.2) is 0 Å². The van der Waals surface area contributed by atoms with E-state index in [9.17, 15) is 4.79 Å². The van der Waals surface area contributed by atoms with Gasteiger partial charge in [0, 0.05) is 24.2 Å². The molecule has 2 aromatic rings. The maximum atomic E-state index is 12.6. The second-order valence-electron chi connectivity index (χ2n) is 8.12. The van der Waals surface area contributed by atoms with Crippen LogP contribution >= 0.6 is 23.2 Å². The minimum Gasteiger partial charge on any atom is -0.496 e. The van der Waals surface area contributed by atoms with E-state index >= 15 is 0 Å². The van der Waals surface area contributed by atoms with Gasteiger partial charge in [-0.2, -0.15) is 0 Å². The second-order valence-corrected chi connectivity index (χ2v) is 8.96. The van der Waals surface area contributed by atoms with Crippen LogP contribution in [0.5, 0.6) is 5.75 Å². The van der Waals surface area contributed by atoms with Crippen molar-refractivity contribution in [2.24, 2.45) is 5.92 Å². The largest absolute Gasteiger partial charge is 0.496 e. The molecule has 6 heteroatoms. The lowest BCUT2D eigenvalue weighted by Gasteiger charge is -2.38. The number of methoxy groups -OCH3 is 1. The van der Waals surface area contributed by atoms with Gasteiger partial charge < -0.3 is 10.1 Å². The summed E-state index contributed by atoms with van der Waals surface area (Å²) in [5, 5.41) is 3.97. The summed E-state index contributed by atoms with van der Waals surface area (Å²) in [5.41, 5.74) is 4.24. The number of ether oxygens (including phenoxy) is 1. The first-order valence-corrected chi connectivity index (χ1v) is 11.2. The van der Waals surface area contributed by atoms with Crippen LogP contribution in [-0.4, -0.2) is 37.6 Å². The molecule has 1 amide bonds. The summed E-state index contributed by atoms with van der Waals surface area (Å²) in [6, 6.07) is 9.51. The number of nitrogens with zero attached hydrogens (tertiary/aromatic N) is 1. The Morgan fingerprint density at radius 2 is 2.00 bits per heavy atom. The minimum absolute atomic E-state index is 0.172. The van der Waals surface area contributed by atoms with Crippen molar-refractivity contribution in [1.29, 1.82) is 0 Å². The molecule has 3 rings (SSSR count). The van der Waals surface area contributed by atoms with Crippen molar-refractivity contribution in [3.05, 3.63) is 62.6 Å². The van der Waals surface area contributed by atoms with Gasteiger partial charge in [-0.05, 0) is 87.0 Å². The molecule has 0 saturated carbocycles. The molecule has 2 aromatic carbocycles. The highest BCUT2D eigenvalue weighted by atomic mass is 35.5. The normalized spacial score (nSPS) is 18.1. The van der Waals surface area contributed by atoms with Crippen LogP contribution in [-0.2, 0) is 0 Å². The van der Waals surface area contributed by atoms with Gasteiger partial charge in [0.25, 0.3) is 5.91 Å². The molecular formula is C24H30Cl2N2O2. The van der Waals surface area contributed by atoms with Crippen LogP contribution in [0.4, 0.5) is 0 Å². The topological polar surface area (TPSA) is 41.6 Å². The van der Waals surface area contributed by atoms with Gasteiger partial charge >= 0.3 is 0 Å². The molecule has 1 aliphatic heterocycles. The van der Waals surface area contributed by atoms with Gasteiger partial charge in [0.15, 0.2) is 0 Å². The number of rotatable bonds is 6. The van der Waals surface area contributed by atoms with Crippen molar-refractivity contribution in [2.75, 3.05) is 26.7 Å². The average Bonchev–Trinajstić information content (AvgIpc) is 2.75. The monoisotopic (exact) mass is 448 g/mol. The van der Waals surface area contributed by atoms with E-state index < -0.39 is 0 Å². The van der Waals surface area contributed by atoms with Crippen LogP contribution in [0.3, 0.4) is 0 Å². The van der Waals surface area contributed by atoms with Gasteiger partial charge in [-0.1, -0.05) is 29.3 Å². The summed E-state index contributed by atoms with van der Waals surface area (Å²) in [6.07, 6.45) is 2.23. The molecule has 0 bridgehead atoms. The lowest BCUT2D eigenvalue weighted by Crippen LogP contribution is -2.42. The third kappa shape index (κ3) is 5.11. The van der Waals surface area contributed by atoms with Gasteiger partial charge in [0.05, 0.1) is 17.7 Å². The van der Waals surface area contributed by atoms with Crippen molar-refractivity contribution in [3.63, 3.8) is 0 Å².